The molecule has 0 aliphatic rings. The van der Waals surface area contributed by atoms with E-state index in [0.29, 0.717) is 6.54 Å². The van der Waals surface area contributed by atoms with Crippen LogP contribution in [0.4, 0.5) is 0 Å². The van der Waals surface area contributed by atoms with Gasteiger partial charge >= 0.3 is 5.97 Å². The molecule has 2 aromatic rings. The molecule has 0 aliphatic heterocycles. The summed E-state index contributed by atoms with van der Waals surface area (Å²) in [6.07, 6.45) is 2.92. The molecule has 18 heavy (non-hydrogen) atoms. The molecule has 0 aliphatic carbocycles. The van der Waals surface area contributed by atoms with Crippen LogP contribution in [0.25, 0.3) is 0 Å². The third-order valence-corrected chi connectivity index (χ3v) is 2.34. The second-order valence-electron chi connectivity index (χ2n) is 3.62. The molecule has 0 fully saturated rings. The summed E-state index contributed by atoms with van der Waals surface area (Å²) in [5.74, 6) is -1.41. The number of aromatic nitrogens is 2. The summed E-state index contributed by atoms with van der Waals surface area (Å²) in [7, 11) is 0. The highest BCUT2D eigenvalue weighted by molar-refractivity contribution is 5.93. The first-order chi connectivity index (χ1) is 8.66. The SMILES string of the molecule is O=C(O)c1ccc(C(=O)NCc2ccc[nH]2)nc1. The van der Waals surface area contributed by atoms with Crippen molar-refractivity contribution < 1.29 is 14.7 Å². The molecule has 2 heterocycles. The van der Waals surface area contributed by atoms with Crippen molar-refractivity contribution in [1.82, 2.24) is 15.3 Å². The number of nitrogens with one attached hydrogen (secondary N) is 2. The molecular weight excluding hydrogens is 234 g/mol. The monoisotopic (exact) mass is 245 g/mol. The van der Waals surface area contributed by atoms with Gasteiger partial charge in [-0.15, -0.1) is 0 Å². The van der Waals surface area contributed by atoms with Gasteiger partial charge < -0.3 is 15.4 Å². The Balaban J connectivity index is 1.98. The lowest BCUT2D eigenvalue weighted by Gasteiger charge is -2.03. The number of hydrogen-bond donors (Lipinski definition) is 3. The number of hydrogen-bond acceptors (Lipinski definition) is 3. The number of aromatic amines is 1. The van der Waals surface area contributed by atoms with E-state index < -0.39 is 5.97 Å². The Bertz CT molecular complexity index is 546. The first-order valence-electron chi connectivity index (χ1n) is 5.26. The molecule has 0 spiro atoms. The zero-order valence-electron chi connectivity index (χ0n) is 9.38. The quantitative estimate of drug-likeness (QED) is 0.749. The van der Waals surface area contributed by atoms with Crippen molar-refractivity contribution in [2.45, 2.75) is 6.54 Å². The number of carboxylic acids is 1. The normalized spacial score (nSPS) is 10.0. The highest BCUT2D eigenvalue weighted by atomic mass is 16.4. The summed E-state index contributed by atoms with van der Waals surface area (Å²) >= 11 is 0. The van der Waals surface area contributed by atoms with Crippen molar-refractivity contribution in [3.05, 3.63) is 53.6 Å². The van der Waals surface area contributed by atoms with Crippen LogP contribution < -0.4 is 5.32 Å². The molecule has 0 bridgehead atoms. The second kappa shape index (κ2) is 5.13. The summed E-state index contributed by atoms with van der Waals surface area (Å²) in [5.41, 5.74) is 1.12. The number of carboxylic acid groups (broad SMARTS) is 1. The van der Waals surface area contributed by atoms with E-state index in [1.54, 1.807) is 6.20 Å². The van der Waals surface area contributed by atoms with E-state index in [1.165, 1.54) is 12.1 Å². The minimum absolute atomic E-state index is 0.0518. The smallest absolute Gasteiger partial charge is 0.337 e. The van der Waals surface area contributed by atoms with Crippen LogP contribution in [0.3, 0.4) is 0 Å². The van der Waals surface area contributed by atoms with Gasteiger partial charge in [0.15, 0.2) is 0 Å². The number of nitrogens with zero attached hydrogens (tertiary/aromatic N) is 1. The molecule has 3 N–H and O–H groups in total. The molecule has 6 heteroatoms. The minimum atomic E-state index is -1.07. The van der Waals surface area contributed by atoms with Crippen LogP contribution in [0, 0.1) is 0 Å². The van der Waals surface area contributed by atoms with E-state index in [-0.39, 0.29) is 17.2 Å². The van der Waals surface area contributed by atoms with Gasteiger partial charge in [0.2, 0.25) is 0 Å². The fourth-order valence-corrected chi connectivity index (χ4v) is 1.40. The zero-order valence-corrected chi connectivity index (χ0v) is 9.38. The van der Waals surface area contributed by atoms with E-state index in [1.807, 2.05) is 12.1 Å². The van der Waals surface area contributed by atoms with E-state index >= 15 is 0 Å². The summed E-state index contributed by atoms with van der Waals surface area (Å²) in [6.45, 7) is 0.369. The Morgan fingerprint density at radius 2 is 2.17 bits per heavy atom. The molecule has 0 unspecified atom stereocenters. The molecule has 0 atom stereocenters. The van der Waals surface area contributed by atoms with Crippen molar-refractivity contribution in [2.24, 2.45) is 0 Å². The van der Waals surface area contributed by atoms with E-state index in [2.05, 4.69) is 15.3 Å². The molecule has 0 saturated heterocycles. The number of pyridine rings is 1. The van der Waals surface area contributed by atoms with Gasteiger partial charge in [0.25, 0.3) is 5.91 Å². The molecule has 92 valence electrons. The van der Waals surface area contributed by atoms with Crippen LogP contribution in [0.2, 0.25) is 0 Å². The molecule has 2 aromatic heterocycles. The van der Waals surface area contributed by atoms with Crippen LogP contribution in [0.5, 0.6) is 0 Å². The number of H-pyrrole nitrogens is 1. The van der Waals surface area contributed by atoms with Gasteiger partial charge in [-0.05, 0) is 24.3 Å². The molecule has 6 nitrogen and oxygen atoms in total. The van der Waals surface area contributed by atoms with Crippen molar-refractivity contribution >= 4 is 11.9 Å². The van der Waals surface area contributed by atoms with Gasteiger partial charge in [-0.3, -0.25) is 9.78 Å². The number of rotatable bonds is 4. The standard InChI is InChI=1S/C12H11N3O3/c16-11(15-7-9-2-1-5-13-9)10-4-3-8(6-14-10)12(17)18/h1-6,13H,7H2,(H,15,16)(H,17,18). The van der Waals surface area contributed by atoms with Crippen LogP contribution in [-0.4, -0.2) is 27.0 Å². The largest absolute Gasteiger partial charge is 0.478 e. The topological polar surface area (TPSA) is 95.1 Å². The Morgan fingerprint density at radius 1 is 1.33 bits per heavy atom. The number of amides is 1. The lowest BCUT2D eigenvalue weighted by molar-refractivity contribution is 0.0695. The van der Waals surface area contributed by atoms with E-state index in [0.717, 1.165) is 11.9 Å². The highest BCUT2D eigenvalue weighted by Crippen LogP contribution is 2.01. The van der Waals surface area contributed by atoms with Gasteiger partial charge in [0.05, 0.1) is 12.1 Å². The zero-order chi connectivity index (χ0) is 13.0. The number of aromatic carboxylic acids is 1. The van der Waals surface area contributed by atoms with Crippen molar-refractivity contribution in [3.8, 4) is 0 Å². The Kier molecular flexibility index (Phi) is 3.38. The number of carbonyl (C=O) groups excluding carboxylic acids is 1. The Morgan fingerprint density at radius 3 is 2.72 bits per heavy atom. The fourth-order valence-electron chi connectivity index (χ4n) is 1.40. The van der Waals surface area contributed by atoms with Crippen LogP contribution in [0.1, 0.15) is 26.5 Å². The maximum absolute atomic E-state index is 11.7. The van der Waals surface area contributed by atoms with Crippen LogP contribution in [0.15, 0.2) is 36.7 Å². The summed E-state index contributed by atoms with van der Waals surface area (Å²) in [4.78, 5) is 29.1. The lowest BCUT2D eigenvalue weighted by atomic mass is 10.2. The highest BCUT2D eigenvalue weighted by Gasteiger charge is 2.09. The lowest BCUT2D eigenvalue weighted by Crippen LogP contribution is -2.24. The first-order valence-corrected chi connectivity index (χ1v) is 5.26. The Labute approximate surface area is 103 Å². The van der Waals surface area contributed by atoms with E-state index in [9.17, 15) is 9.59 Å². The summed E-state index contributed by atoms with van der Waals surface area (Å²) in [5, 5.41) is 11.4. The third kappa shape index (κ3) is 2.73. The van der Waals surface area contributed by atoms with Crippen molar-refractivity contribution in [1.29, 1.82) is 0 Å². The van der Waals surface area contributed by atoms with Gasteiger partial charge in [0.1, 0.15) is 5.69 Å². The van der Waals surface area contributed by atoms with Crippen molar-refractivity contribution in [2.75, 3.05) is 0 Å². The van der Waals surface area contributed by atoms with E-state index in [4.69, 9.17) is 5.11 Å². The third-order valence-electron chi connectivity index (χ3n) is 2.34. The van der Waals surface area contributed by atoms with Gasteiger partial charge in [0, 0.05) is 18.1 Å². The summed E-state index contributed by atoms with van der Waals surface area (Å²) < 4.78 is 0. The predicted molar refractivity (Wildman–Crippen MR) is 63.2 cm³/mol. The molecule has 0 saturated carbocycles. The maximum Gasteiger partial charge on any atom is 0.337 e. The molecular formula is C12H11N3O3. The Hall–Kier alpha value is -2.63. The van der Waals surface area contributed by atoms with Gasteiger partial charge in [-0.2, -0.15) is 0 Å². The average Bonchev–Trinajstić information content (AvgIpc) is 2.89. The average molecular weight is 245 g/mol. The molecule has 0 aromatic carbocycles. The predicted octanol–water partition coefficient (Wildman–Crippen LogP) is 1.04. The van der Waals surface area contributed by atoms with Crippen molar-refractivity contribution in [3.63, 3.8) is 0 Å². The first kappa shape index (κ1) is 11.8. The van der Waals surface area contributed by atoms with Gasteiger partial charge in [-0.25, -0.2) is 4.79 Å². The summed E-state index contributed by atoms with van der Waals surface area (Å²) in [6, 6.07) is 6.41. The maximum atomic E-state index is 11.7. The molecule has 1 amide bonds. The molecule has 0 radical (unpaired) electrons. The molecule has 2 rings (SSSR count). The second-order valence-corrected chi connectivity index (χ2v) is 3.62. The van der Waals surface area contributed by atoms with Gasteiger partial charge in [-0.1, -0.05) is 0 Å². The fraction of sp³-hybridized carbons (Fsp3) is 0.0833. The van der Waals surface area contributed by atoms with Crippen LogP contribution >= 0.6 is 0 Å². The minimum Gasteiger partial charge on any atom is -0.478 e. The number of carbonyl (C=O) groups is 2. The van der Waals surface area contributed by atoms with Crippen LogP contribution in [-0.2, 0) is 6.54 Å².